The first-order chi connectivity index (χ1) is 16.5. The van der Waals surface area contributed by atoms with Crippen LogP contribution in [0.1, 0.15) is 55.6 Å². The van der Waals surface area contributed by atoms with Gasteiger partial charge < -0.3 is 20.5 Å². The summed E-state index contributed by atoms with van der Waals surface area (Å²) in [6.07, 6.45) is 3.97. The lowest BCUT2D eigenvalue weighted by atomic mass is 9.85. The standard InChI is InChI=1S/C27H30N2O5/c30-25(29-24(26(31)32)16-12-13-16)17-6-5-7-18(14-17)28-27(33)34-15-23-21-10-3-1-8-19(21)20-9-2-4-11-22(20)23/h1-4,8-11,16-18,23-24H,5-7,12-15H2,(H,28,33)(H,29,30)(H,31,32)/t17-,18+,24?/m0/s1. The van der Waals surface area contributed by atoms with Crippen LogP contribution in [-0.2, 0) is 14.3 Å². The highest BCUT2D eigenvalue weighted by atomic mass is 16.5. The monoisotopic (exact) mass is 462 g/mol. The lowest BCUT2D eigenvalue weighted by Gasteiger charge is -2.29. The van der Waals surface area contributed by atoms with E-state index in [0.717, 1.165) is 36.8 Å². The predicted molar refractivity (Wildman–Crippen MR) is 126 cm³/mol. The average molecular weight is 463 g/mol. The zero-order valence-corrected chi connectivity index (χ0v) is 19.0. The number of nitrogens with one attached hydrogen (secondary N) is 2. The molecule has 2 aromatic carbocycles. The van der Waals surface area contributed by atoms with Gasteiger partial charge in [-0.3, -0.25) is 4.79 Å². The van der Waals surface area contributed by atoms with Gasteiger partial charge in [0.25, 0.3) is 0 Å². The molecule has 3 aliphatic rings. The van der Waals surface area contributed by atoms with Crippen molar-refractivity contribution in [1.29, 1.82) is 0 Å². The highest BCUT2D eigenvalue weighted by Crippen LogP contribution is 2.44. The van der Waals surface area contributed by atoms with Crippen molar-refractivity contribution in [2.24, 2.45) is 11.8 Å². The Bertz CT molecular complexity index is 1050. The fourth-order valence-corrected chi connectivity index (χ4v) is 5.45. The summed E-state index contributed by atoms with van der Waals surface area (Å²) in [6.45, 7) is 0.248. The van der Waals surface area contributed by atoms with Gasteiger partial charge in [-0.25, -0.2) is 9.59 Å². The molecule has 178 valence electrons. The van der Waals surface area contributed by atoms with E-state index in [-0.39, 0.29) is 36.3 Å². The third-order valence-corrected chi connectivity index (χ3v) is 7.37. The second-order valence-electron chi connectivity index (χ2n) is 9.69. The highest BCUT2D eigenvalue weighted by molar-refractivity contribution is 5.85. The average Bonchev–Trinajstić information content (AvgIpc) is 3.63. The second kappa shape index (κ2) is 9.49. The van der Waals surface area contributed by atoms with Gasteiger partial charge in [-0.2, -0.15) is 0 Å². The van der Waals surface area contributed by atoms with Crippen molar-refractivity contribution in [2.45, 2.75) is 56.5 Å². The van der Waals surface area contributed by atoms with Gasteiger partial charge in [0.2, 0.25) is 5.91 Å². The van der Waals surface area contributed by atoms with E-state index in [1.165, 1.54) is 11.1 Å². The molecule has 0 heterocycles. The molecule has 2 aromatic rings. The van der Waals surface area contributed by atoms with Gasteiger partial charge in [-0.05, 0) is 60.3 Å². The Hall–Kier alpha value is -3.35. The first-order valence-corrected chi connectivity index (χ1v) is 12.2. The summed E-state index contributed by atoms with van der Waals surface area (Å²) in [7, 11) is 0. The second-order valence-corrected chi connectivity index (χ2v) is 9.69. The third kappa shape index (κ3) is 4.65. The minimum atomic E-state index is -0.972. The number of fused-ring (bicyclic) bond motifs is 3. The van der Waals surface area contributed by atoms with Gasteiger partial charge in [-0.1, -0.05) is 55.0 Å². The molecule has 0 bridgehead atoms. The fourth-order valence-electron chi connectivity index (χ4n) is 5.45. The first kappa shape index (κ1) is 22.4. The van der Waals surface area contributed by atoms with Gasteiger partial charge >= 0.3 is 12.1 Å². The lowest BCUT2D eigenvalue weighted by molar-refractivity contribution is -0.143. The number of carbonyl (C=O) groups is 3. The molecule has 0 radical (unpaired) electrons. The number of aliphatic carboxylic acids is 1. The highest BCUT2D eigenvalue weighted by Gasteiger charge is 2.39. The molecule has 2 amide bonds. The Morgan fingerprint density at radius 2 is 1.59 bits per heavy atom. The van der Waals surface area contributed by atoms with Crippen molar-refractivity contribution >= 4 is 18.0 Å². The van der Waals surface area contributed by atoms with Crippen molar-refractivity contribution in [3.63, 3.8) is 0 Å². The molecule has 7 nitrogen and oxygen atoms in total. The molecule has 1 unspecified atom stereocenters. The molecule has 3 N–H and O–H groups in total. The molecule has 2 saturated carbocycles. The SMILES string of the molecule is O=C(N[C@@H]1CCC[C@H](C(=O)NC(C(=O)O)C2CC2)C1)OCC1c2ccccc2-c2ccccc21. The molecular formula is C27H30N2O5. The van der Waals surface area contributed by atoms with Crippen LogP contribution in [0.15, 0.2) is 48.5 Å². The first-order valence-electron chi connectivity index (χ1n) is 12.2. The molecular weight excluding hydrogens is 432 g/mol. The van der Waals surface area contributed by atoms with Crippen LogP contribution in [0, 0.1) is 11.8 Å². The summed E-state index contributed by atoms with van der Waals surface area (Å²) in [5.74, 6) is -1.45. The van der Waals surface area contributed by atoms with Crippen LogP contribution in [0.3, 0.4) is 0 Å². The van der Waals surface area contributed by atoms with E-state index in [4.69, 9.17) is 4.74 Å². The number of carbonyl (C=O) groups excluding carboxylic acids is 2. The molecule has 7 heteroatoms. The van der Waals surface area contributed by atoms with Crippen LogP contribution >= 0.6 is 0 Å². The smallest absolute Gasteiger partial charge is 0.407 e. The maximum atomic E-state index is 12.7. The van der Waals surface area contributed by atoms with Crippen molar-refractivity contribution in [2.75, 3.05) is 6.61 Å². The largest absolute Gasteiger partial charge is 0.480 e. The Labute approximate surface area is 198 Å². The Morgan fingerprint density at radius 3 is 2.21 bits per heavy atom. The van der Waals surface area contributed by atoms with Crippen LogP contribution in [0.4, 0.5) is 4.79 Å². The predicted octanol–water partition coefficient (Wildman–Crippen LogP) is 4.06. The van der Waals surface area contributed by atoms with Crippen LogP contribution in [0.25, 0.3) is 11.1 Å². The molecule has 34 heavy (non-hydrogen) atoms. The molecule has 0 aromatic heterocycles. The van der Waals surface area contributed by atoms with E-state index in [2.05, 4.69) is 34.9 Å². The number of hydrogen-bond donors (Lipinski definition) is 3. The maximum Gasteiger partial charge on any atom is 0.407 e. The molecule has 2 fully saturated rings. The van der Waals surface area contributed by atoms with Gasteiger partial charge in [-0.15, -0.1) is 0 Å². The number of benzene rings is 2. The fraction of sp³-hybridized carbons (Fsp3) is 0.444. The molecule has 3 aliphatic carbocycles. The van der Waals surface area contributed by atoms with E-state index in [9.17, 15) is 19.5 Å². The summed E-state index contributed by atoms with van der Waals surface area (Å²) >= 11 is 0. The minimum absolute atomic E-state index is 0.00147. The Morgan fingerprint density at radius 1 is 0.941 bits per heavy atom. The van der Waals surface area contributed by atoms with Gasteiger partial charge in [0.05, 0.1) is 0 Å². The van der Waals surface area contributed by atoms with E-state index in [1.807, 2.05) is 24.3 Å². The number of rotatable bonds is 7. The zero-order chi connectivity index (χ0) is 23.7. The number of amides is 2. The van der Waals surface area contributed by atoms with Gasteiger partial charge in [0.15, 0.2) is 0 Å². The van der Waals surface area contributed by atoms with Gasteiger partial charge in [0, 0.05) is 17.9 Å². The van der Waals surface area contributed by atoms with Crippen molar-refractivity contribution in [1.82, 2.24) is 10.6 Å². The Balaban J connectivity index is 1.15. The summed E-state index contributed by atoms with van der Waals surface area (Å²) in [5, 5.41) is 15.0. The summed E-state index contributed by atoms with van der Waals surface area (Å²) in [6, 6.07) is 15.4. The third-order valence-electron chi connectivity index (χ3n) is 7.37. The Kier molecular flexibility index (Phi) is 6.26. The summed E-state index contributed by atoms with van der Waals surface area (Å²) < 4.78 is 5.65. The molecule has 0 aliphatic heterocycles. The topological polar surface area (TPSA) is 105 Å². The molecule has 0 saturated heterocycles. The number of ether oxygens (including phenoxy) is 1. The van der Waals surface area contributed by atoms with E-state index >= 15 is 0 Å². The number of hydrogen-bond acceptors (Lipinski definition) is 4. The van der Waals surface area contributed by atoms with Crippen LogP contribution < -0.4 is 10.6 Å². The van der Waals surface area contributed by atoms with Crippen molar-refractivity contribution < 1.29 is 24.2 Å². The minimum Gasteiger partial charge on any atom is -0.480 e. The van der Waals surface area contributed by atoms with E-state index < -0.39 is 18.1 Å². The zero-order valence-electron chi connectivity index (χ0n) is 19.0. The van der Waals surface area contributed by atoms with Crippen molar-refractivity contribution in [3.05, 3.63) is 59.7 Å². The van der Waals surface area contributed by atoms with Crippen LogP contribution in [0.5, 0.6) is 0 Å². The number of carboxylic acids is 1. The normalized spacial score (nSPS) is 22.2. The molecule has 5 rings (SSSR count). The van der Waals surface area contributed by atoms with E-state index in [0.29, 0.717) is 12.8 Å². The van der Waals surface area contributed by atoms with Crippen LogP contribution in [0.2, 0.25) is 0 Å². The number of alkyl carbamates (subject to hydrolysis) is 1. The van der Waals surface area contributed by atoms with Gasteiger partial charge in [0.1, 0.15) is 12.6 Å². The summed E-state index contributed by atoms with van der Waals surface area (Å²) in [5.41, 5.74) is 4.68. The lowest BCUT2D eigenvalue weighted by Crippen LogP contribution is -2.48. The number of carboxylic acid groups (broad SMARTS) is 1. The molecule has 3 atom stereocenters. The van der Waals surface area contributed by atoms with Crippen molar-refractivity contribution in [3.8, 4) is 11.1 Å². The molecule has 0 spiro atoms. The maximum absolute atomic E-state index is 12.7. The summed E-state index contributed by atoms with van der Waals surface area (Å²) in [4.78, 5) is 36.8. The quantitative estimate of drug-likeness (QED) is 0.576. The van der Waals surface area contributed by atoms with Crippen LogP contribution in [-0.4, -0.2) is 41.8 Å². The van der Waals surface area contributed by atoms with E-state index in [1.54, 1.807) is 0 Å².